The molecule has 0 saturated carbocycles. The van der Waals surface area contributed by atoms with Crippen molar-refractivity contribution in [3.05, 3.63) is 64.5 Å². The third-order valence-corrected chi connectivity index (χ3v) is 3.06. The van der Waals surface area contributed by atoms with Gasteiger partial charge >= 0.3 is 5.97 Å². The first-order chi connectivity index (χ1) is 10.0. The molecule has 21 heavy (non-hydrogen) atoms. The maximum absolute atomic E-state index is 13.2. The molecule has 0 radical (unpaired) electrons. The van der Waals surface area contributed by atoms with Crippen molar-refractivity contribution >= 4 is 11.7 Å². The van der Waals surface area contributed by atoms with Crippen LogP contribution in [0.3, 0.4) is 0 Å². The van der Waals surface area contributed by atoms with E-state index >= 15 is 0 Å². The molecule has 106 valence electrons. The number of carbonyl (C=O) groups is 1. The standard InChI is InChI=1S/C16H13FN2O2/c1-10-2-3-11(7-15(10)19)16(20)21-9-13-6-14(17)5-4-12(13)8-18/h2-7H,9,19H2,1H3. The van der Waals surface area contributed by atoms with Crippen LogP contribution in [0.1, 0.15) is 27.0 Å². The summed E-state index contributed by atoms with van der Waals surface area (Å²) in [5, 5.41) is 8.93. The lowest BCUT2D eigenvalue weighted by Crippen LogP contribution is -2.07. The number of benzene rings is 2. The average molecular weight is 284 g/mol. The van der Waals surface area contributed by atoms with Crippen LogP contribution < -0.4 is 5.73 Å². The van der Waals surface area contributed by atoms with E-state index in [1.165, 1.54) is 24.3 Å². The lowest BCUT2D eigenvalue weighted by atomic mass is 10.1. The number of halogens is 1. The number of anilines is 1. The molecule has 0 unspecified atom stereocenters. The molecule has 0 aliphatic heterocycles. The van der Waals surface area contributed by atoms with Crippen LogP contribution >= 0.6 is 0 Å². The molecular weight excluding hydrogens is 271 g/mol. The van der Waals surface area contributed by atoms with Gasteiger partial charge in [0, 0.05) is 11.3 Å². The lowest BCUT2D eigenvalue weighted by Gasteiger charge is -2.08. The summed E-state index contributed by atoms with van der Waals surface area (Å²) in [5.41, 5.74) is 8.00. The van der Waals surface area contributed by atoms with Gasteiger partial charge in [-0.25, -0.2) is 9.18 Å². The predicted molar refractivity (Wildman–Crippen MR) is 75.8 cm³/mol. The highest BCUT2D eigenvalue weighted by atomic mass is 19.1. The van der Waals surface area contributed by atoms with E-state index in [1.54, 1.807) is 12.1 Å². The highest BCUT2D eigenvalue weighted by molar-refractivity contribution is 5.90. The normalized spacial score (nSPS) is 9.95. The van der Waals surface area contributed by atoms with Gasteiger partial charge < -0.3 is 10.5 Å². The molecule has 0 heterocycles. The van der Waals surface area contributed by atoms with E-state index in [9.17, 15) is 9.18 Å². The maximum Gasteiger partial charge on any atom is 0.338 e. The highest BCUT2D eigenvalue weighted by Gasteiger charge is 2.11. The van der Waals surface area contributed by atoms with Crippen molar-refractivity contribution in [1.29, 1.82) is 5.26 Å². The number of esters is 1. The Hall–Kier alpha value is -2.87. The molecule has 0 amide bonds. The monoisotopic (exact) mass is 284 g/mol. The number of nitrogen functional groups attached to an aromatic ring is 1. The number of ether oxygens (including phenoxy) is 1. The Bertz CT molecular complexity index is 736. The van der Waals surface area contributed by atoms with Gasteiger partial charge in [-0.1, -0.05) is 6.07 Å². The number of hydrogen-bond donors (Lipinski definition) is 1. The van der Waals surface area contributed by atoms with Crippen LogP contribution in [-0.4, -0.2) is 5.97 Å². The SMILES string of the molecule is Cc1ccc(C(=O)OCc2cc(F)ccc2C#N)cc1N. The second-order valence-corrected chi connectivity index (χ2v) is 4.56. The molecule has 0 aliphatic carbocycles. The van der Waals surface area contributed by atoms with Gasteiger partial charge in [-0.3, -0.25) is 0 Å². The van der Waals surface area contributed by atoms with E-state index in [4.69, 9.17) is 15.7 Å². The quantitative estimate of drug-likeness (QED) is 0.694. The molecule has 5 heteroatoms. The Morgan fingerprint density at radius 1 is 1.33 bits per heavy atom. The van der Waals surface area contributed by atoms with Crippen molar-refractivity contribution < 1.29 is 13.9 Å². The summed E-state index contributed by atoms with van der Waals surface area (Å²) in [4.78, 5) is 11.9. The Kier molecular flexibility index (Phi) is 4.19. The predicted octanol–water partition coefficient (Wildman–Crippen LogP) is 2.95. The van der Waals surface area contributed by atoms with E-state index < -0.39 is 11.8 Å². The zero-order valence-electron chi connectivity index (χ0n) is 11.4. The fraction of sp³-hybridized carbons (Fsp3) is 0.125. The Morgan fingerprint density at radius 2 is 2.10 bits per heavy atom. The van der Waals surface area contributed by atoms with Crippen LogP contribution in [0, 0.1) is 24.1 Å². The average Bonchev–Trinajstić information content (AvgIpc) is 2.47. The summed E-state index contributed by atoms with van der Waals surface area (Å²) in [7, 11) is 0. The molecule has 0 aliphatic rings. The minimum Gasteiger partial charge on any atom is -0.457 e. The molecular formula is C16H13FN2O2. The van der Waals surface area contributed by atoms with E-state index in [-0.39, 0.29) is 12.2 Å². The second kappa shape index (κ2) is 6.06. The first kappa shape index (κ1) is 14.5. The molecule has 0 fully saturated rings. The van der Waals surface area contributed by atoms with E-state index in [0.717, 1.165) is 5.56 Å². The molecule has 2 aromatic rings. The van der Waals surface area contributed by atoms with Crippen LogP contribution in [0.4, 0.5) is 10.1 Å². The molecule has 2 N–H and O–H groups in total. The number of aryl methyl sites for hydroxylation is 1. The number of rotatable bonds is 3. The fourth-order valence-corrected chi connectivity index (χ4v) is 1.78. The number of nitrogens with two attached hydrogens (primary N) is 1. The van der Waals surface area contributed by atoms with Gasteiger partial charge in [0.15, 0.2) is 0 Å². The van der Waals surface area contributed by atoms with Gasteiger partial charge in [0.25, 0.3) is 0 Å². The van der Waals surface area contributed by atoms with Crippen molar-refractivity contribution in [1.82, 2.24) is 0 Å². The van der Waals surface area contributed by atoms with Crippen LogP contribution in [-0.2, 0) is 11.3 Å². The van der Waals surface area contributed by atoms with Crippen LogP contribution in [0.25, 0.3) is 0 Å². The summed E-state index contributed by atoms with van der Waals surface area (Å²) in [6.45, 7) is 1.66. The summed E-state index contributed by atoms with van der Waals surface area (Å²) in [5.74, 6) is -1.06. The van der Waals surface area contributed by atoms with Crippen molar-refractivity contribution in [3.8, 4) is 6.07 Å². The molecule has 2 aromatic carbocycles. The largest absolute Gasteiger partial charge is 0.457 e. The Balaban J connectivity index is 2.13. The van der Waals surface area contributed by atoms with Gasteiger partial charge in [-0.15, -0.1) is 0 Å². The Morgan fingerprint density at radius 3 is 2.76 bits per heavy atom. The van der Waals surface area contributed by atoms with Gasteiger partial charge in [0.2, 0.25) is 0 Å². The van der Waals surface area contributed by atoms with Crippen LogP contribution in [0.2, 0.25) is 0 Å². The number of carbonyl (C=O) groups excluding carboxylic acids is 1. The van der Waals surface area contributed by atoms with Crippen LogP contribution in [0.15, 0.2) is 36.4 Å². The third-order valence-electron chi connectivity index (χ3n) is 3.06. The first-order valence-electron chi connectivity index (χ1n) is 6.23. The van der Waals surface area contributed by atoms with E-state index in [0.29, 0.717) is 16.8 Å². The molecule has 0 aromatic heterocycles. The van der Waals surface area contributed by atoms with Gasteiger partial charge in [0.05, 0.1) is 17.2 Å². The molecule has 2 rings (SSSR count). The topological polar surface area (TPSA) is 76.1 Å². The smallest absolute Gasteiger partial charge is 0.338 e. The number of nitrogens with zero attached hydrogens (tertiary/aromatic N) is 1. The molecule has 0 saturated heterocycles. The first-order valence-corrected chi connectivity index (χ1v) is 6.23. The Labute approximate surface area is 121 Å². The van der Waals surface area contributed by atoms with Gasteiger partial charge in [-0.2, -0.15) is 5.26 Å². The van der Waals surface area contributed by atoms with Gasteiger partial charge in [0.1, 0.15) is 12.4 Å². The molecule has 0 atom stereocenters. The third kappa shape index (κ3) is 3.37. The van der Waals surface area contributed by atoms with E-state index in [1.807, 2.05) is 13.0 Å². The fourth-order valence-electron chi connectivity index (χ4n) is 1.78. The summed E-state index contributed by atoms with van der Waals surface area (Å²) < 4.78 is 18.3. The lowest BCUT2D eigenvalue weighted by molar-refractivity contribution is 0.0472. The van der Waals surface area contributed by atoms with Crippen molar-refractivity contribution in [2.75, 3.05) is 5.73 Å². The van der Waals surface area contributed by atoms with Gasteiger partial charge in [-0.05, 0) is 42.8 Å². The summed E-state index contributed by atoms with van der Waals surface area (Å²) in [6.07, 6.45) is 0. The second-order valence-electron chi connectivity index (χ2n) is 4.56. The number of hydrogen-bond acceptors (Lipinski definition) is 4. The number of nitriles is 1. The van der Waals surface area contributed by atoms with E-state index in [2.05, 4.69) is 0 Å². The van der Waals surface area contributed by atoms with Crippen LogP contribution in [0.5, 0.6) is 0 Å². The highest BCUT2D eigenvalue weighted by Crippen LogP contribution is 2.16. The van der Waals surface area contributed by atoms with Crippen molar-refractivity contribution in [2.45, 2.75) is 13.5 Å². The molecule has 0 bridgehead atoms. The van der Waals surface area contributed by atoms with Crippen molar-refractivity contribution in [2.24, 2.45) is 0 Å². The summed E-state index contributed by atoms with van der Waals surface area (Å²) in [6, 6.07) is 10.5. The van der Waals surface area contributed by atoms with Crippen molar-refractivity contribution in [3.63, 3.8) is 0 Å². The molecule has 0 spiro atoms. The molecule has 4 nitrogen and oxygen atoms in total. The zero-order valence-corrected chi connectivity index (χ0v) is 11.4. The zero-order chi connectivity index (χ0) is 15.4. The minimum atomic E-state index is -0.574. The maximum atomic E-state index is 13.2. The minimum absolute atomic E-state index is 0.173. The summed E-state index contributed by atoms with van der Waals surface area (Å²) >= 11 is 0.